The molecule has 2 aromatic carbocycles. The van der Waals surface area contributed by atoms with Gasteiger partial charge in [-0.2, -0.15) is 0 Å². The van der Waals surface area contributed by atoms with Gasteiger partial charge in [0.05, 0.1) is 18.0 Å². The minimum atomic E-state index is -3.63. The second kappa shape index (κ2) is 9.44. The molecule has 0 aromatic heterocycles. The fourth-order valence-corrected chi connectivity index (χ4v) is 4.63. The summed E-state index contributed by atoms with van der Waals surface area (Å²) in [7, 11) is -3.63. The van der Waals surface area contributed by atoms with Crippen LogP contribution in [0.15, 0.2) is 42.5 Å². The third-order valence-corrected chi connectivity index (χ3v) is 6.46. The second-order valence-corrected chi connectivity index (χ2v) is 9.49. The molecule has 0 bridgehead atoms. The van der Waals surface area contributed by atoms with Crippen molar-refractivity contribution in [1.29, 1.82) is 0 Å². The van der Waals surface area contributed by atoms with Crippen molar-refractivity contribution in [1.82, 2.24) is 5.32 Å². The van der Waals surface area contributed by atoms with Crippen molar-refractivity contribution in [2.75, 3.05) is 10.6 Å². The molecule has 0 spiro atoms. The molecule has 0 aliphatic heterocycles. The number of sulfonamides is 1. The summed E-state index contributed by atoms with van der Waals surface area (Å²) in [6.45, 7) is 9.87. The topological polar surface area (TPSA) is 66.5 Å². The van der Waals surface area contributed by atoms with Gasteiger partial charge in [-0.25, -0.2) is 8.42 Å². The maximum Gasteiger partial charge on any atom is 0.244 e. The molecular weight excluding hydrogens is 384 g/mol. The summed E-state index contributed by atoms with van der Waals surface area (Å²) in [5.41, 5.74) is 4.92. The number of rotatable bonds is 8. The maximum absolute atomic E-state index is 13.2. The Labute approximate surface area is 175 Å². The number of nitrogens with one attached hydrogen (secondary N) is 1. The fourth-order valence-electron chi connectivity index (χ4n) is 3.42. The van der Waals surface area contributed by atoms with Crippen LogP contribution >= 0.6 is 0 Å². The molecule has 0 aliphatic carbocycles. The quantitative estimate of drug-likeness (QED) is 0.692. The van der Waals surface area contributed by atoms with Crippen LogP contribution < -0.4 is 9.62 Å². The lowest BCUT2D eigenvalue weighted by Crippen LogP contribution is -2.50. The Hall–Kier alpha value is -2.34. The largest absolute Gasteiger partial charge is 0.347 e. The van der Waals surface area contributed by atoms with E-state index in [2.05, 4.69) is 18.3 Å². The van der Waals surface area contributed by atoms with Crippen LogP contribution in [0, 0.1) is 20.8 Å². The average molecular weight is 417 g/mol. The Morgan fingerprint density at radius 3 is 2.07 bits per heavy atom. The van der Waals surface area contributed by atoms with Crippen LogP contribution in [0.3, 0.4) is 0 Å². The first-order valence-corrected chi connectivity index (χ1v) is 11.9. The summed E-state index contributed by atoms with van der Waals surface area (Å²) in [5, 5.41) is 3.07. The molecule has 0 saturated carbocycles. The van der Waals surface area contributed by atoms with Crippen LogP contribution in [-0.4, -0.2) is 26.6 Å². The molecule has 2 atom stereocenters. The highest BCUT2D eigenvalue weighted by Crippen LogP contribution is 2.25. The number of carbonyl (C=O) groups excluding carboxylic acids is 1. The van der Waals surface area contributed by atoms with Crippen molar-refractivity contribution in [3.05, 3.63) is 64.7 Å². The lowest BCUT2D eigenvalue weighted by atomic mass is 9.99. The van der Waals surface area contributed by atoms with Gasteiger partial charge < -0.3 is 5.32 Å². The molecule has 1 amide bonds. The van der Waals surface area contributed by atoms with E-state index < -0.39 is 16.1 Å². The first-order valence-electron chi connectivity index (χ1n) is 10.0. The van der Waals surface area contributed by atoms with E-state index in [-0.39, 0.29) is 11.9 Å². The number of hydrogen-bond acceptors (Lipinski definition) is 3. The monoisotopic (exact) mass is 416 g/mol. The van der Waals surface area contributed by atoms with Crippen molar-refractivity contribution in [2.45, 2.75) is 59.5 Å². The Balaban J connectivity index is 2.34. The molecular formula is C23H32N2O3S. The van der Waals surface area contributed by atoms with Gasteiger partial charge in [-0.05, 0) is 62.4 Å². The first kappa shape index (κ1) is 22.9. The Morgan fingerprint density at radius 1 is 0.966 bits per heavy atom. The van der Waals surface area contributed by atoms with E-state index in [1.807, 2.05) is 52.0 Å². The lowest BCUT2D eigenvalue weighted by molar-refractivity contribution is -0.123. The lowest BCUT2D eigenvalue weighted by Gasteiger charge is -2.31. The third-order valence-electron chi connectivity index (χ3n) is 5.28. The molecule has 0 saturated heterocycles. The zero-order valence-electron chi connectivity index (χ0n) is 18.2. The van der Waals surface area contributed by atoms with Crippen LogP contribution in [0.1, 0.15) is 55.0 Å². The van der Waals surface area contributed by atoms with Crippen molar-refractivity contribution < 1.29 is 13.2 Å². The zero-order valence-corrected chi connectivity index (χ0v) is 19.0. The molecule has 29 heavy (non-hydrogen) atoms. The summed E-state index contributed by atoms with van der Waals surface area (Å²) in [4.78, 5) is 13.2. The predicted octanol–water partition coefficient (Wildman–Crippen LogP) is 4.42. The molecule has 0 radical (unpaired) electrons. The standard InChI is InChI=1S/C23H32N2O3S/c1-7-21(19-12-11-17(4)18(5)15-19)24-23(26)22(8-2)25(29(6,27)28)20-13-9-16(3)10-14-20/h9-15,21-22H,7-8H2,1-6H3,(H,24,26)/t21-,22-/m1/s1. The van der Waals surface area contributed by atoms with Crippen molar-refractivity contribution in [3.63, 3.8) is 0 Å². The van der Waals surface area contributed by atoms with E-state index in [0.717, 1.165) is 17.4 Å². The summed E-state index contributed by atoms with van der Waals surface area (Å²) in [6, 6.07) is 12.4. The van der Waals surface area contributed by atoms with E-state index in [9.17, 15) is 13.2 Å². The van der Waals surface area contributed by atoms with Crippen LogP contribution in [-0.2, 0) is 14.8 Å². The highest BCUT2D eigenvalue weighted by Gasteiger charge is 2.32. The van der Waals surface area contributed by atoms with Gasteiger partial charge in [-0.15, -0.1) is 0 Å². The van der Waals surface area contributed by atoms with Crippen molar-refractivity contribution >= 4 is 21.6 Å². The molecule has 5 nitrogen and oxygen atoms in total. The number of amides is 1. The van der Waals surface area contributed by atoms with Gasteiger partial charge in [0.2, 0.25) is 15.9 Å². The minimum Gasteiger partial charge on any atom is -0.347 e. The highest BCUT2D eigenvalue weighted by molar-refractivity contribution is 7.92. The molecule has 0 aliphatic rings. The third kappa shape index (κ3) is 5.60. The van der Waals surface area contributed by atoms with Crippen molar-refractivity contribution in [3.8, 4) is 0 Å². The average Bonchev–Trinajstić information content (AvgIpc) is 2.66. The van der Waals surface area contributed by atoms with Gasteiger partial charge in [-0.3, -0.25) is 9.10 Å². The molecule has 2 aromatic rings. The van der Waals surface area contributed by atoms with Crippen LogP contribution in [0.5, 0.6) is 0 Å². The number of benzene rings is 2. The van der Waals surface area contributed by atoms with Gasteiger partial charge >= 0.3 is 0 Å². The van der Waals surface area contributed by atoms with Crippen molar-refractivity contribution in [2.24, 2.45) is 0 Å². The summed E-state index contributed by atoms with van der Waals surface area (Å²) in [5.74, 6) is -0.288. The number of aryl methyl sites for hydroxylation is 3. The van der Waals surface area contributed by atoms with Gasteiger partial charge in [-0.1, -0.05) is 49.7 Å². The fraction of sp³-hybridized carbons (Fsp3) is 0.435. The van der Waals surface area contributed by atoms with Gasteiger partial charge in [0.15, 0.2) is 0 Å². The smallest absolute Gasteiger partial charge is 0.244 e. The zero-order chi connectivity index (χ0) is 21.8. The van der Waals surface area contributed by atoms with Crippen LogP contribution in [0.4, 0.5) is 5.69 Å². The predicted molar refractivity (Wildman–Crippen MR) is 120 cm³/mol. The number of hydrogen-bond donors (Lipinski definition) is 1. The highest BCUT2D eigenvalue weighted by atomic mass is 32.2. The molecule has 158 valence electrons. The van der Waals surface area contributed by atoms with Gasteiger partial charge in [0, 0.05) is 0 Å². The SMILES string of the molecule is CC[C@H](C(=O)N[C@H](CC)c1ccc(C)c(C)c1)N(c1ccc(C)cc1)S(C)(=O)=O. The van der Waals surface area contributed by atoms with Crippen LogP contribution in [0.2, 0.25) is 0 Å². The number of anilines is 1. The van der Waals surface area contributed by atoms with E-state index in [0.29, 0.717) is 18.5 Å². The first-order chi connectivity index (χ1) is 13.6. The summed E-state index contributed by atoms with van der Waals surface area (Å²) in [6.07, 6.45) is 2.23. The maximum atomic E-state index is 13.2. The number of nitrogens with zero attached hydrogens (tertiary/aromatic N) is 1. The normalized spacial score (nSPS) is 13.6. The van der Waals surface area contributed by atoms with Gasteiger partial charge in [0.1, 0.15) is 6.04 Å². The molecule has 6 heteroatoms. The molecule has 0 unspecified atom stereocenters. The number of carbonyl (C=O) groups is 1. The summed E-state index contributed by atoms with van der Waals surface area (Å²) < 4.78 is 26.4. The molecule has 1 N–H and O–H groups in total. The second-order valence-electron chi connectivity index (χ2n) is 7.63. The molecule has 0 heterocycles. The van der Waals surface area contributed by atoms with E-state index in [1.165, 1.54) is 15.4 Å². The molecule has 2 rings (SSSR count). The summed E-state index contributed by atoms with van der Waals surface area (Å²) >= 11 is 0. The van der Waals surface area contributed by atoms with Crippen LogP contribution in [0.25, 0.3) is 0 Å². The minimum absolute atomic E-state index is 0.171. The van der Waals surface area contributed by atoms with Gasteiger partial charge in [0.25, 0.3) is 0 Å². The Bertz CT molecular complexity index is 953. The van der Waals surface area contributed by atoms with E-state index in [4.69, 9.17) is 0 Å². The van der Waals surface area contributed by atoms with E-state index >= 15 is 0 Å². The Kier molecular flexibility index (Phi) is 7.47. The molecule has 0 fully saturated rings. The van der Waals surface area contributed by atoms with E-state index in [1.54, 1.807) is 12.1 Å². The Morgan fingerprint density at radius 2 is 1.59 bits per heavy atom.